The van der Waals surface area contributed by atoms with Gasteiger partial charge in [0.1, 0.15) is 11.2 Å². The normalized spacial score (nSPS) is 27.2. The van der Waals surface area contributed by atoms with Crippen LogP contribution in [0.4, 0.5) is 0 Å². The van der Waals surface area contributed by atoms with Crippen molar-refractivity contribution in [3.05, 3.63) is 47.5 Å². The van der Waals surface area contributed by atoms with Crippen LogP contribution >= 0.6 is 0 Å². The molecule has 0 bridgehead atoms. The van der Waals surface area contributed by atoms with E-state index in [2.05, 4.69) is 72.4 Å². The Morgan fingerprint density at radius 2 is 1.35 bits per heavy atom. The molecule has 2 aliphatic rings. The summed E-state index contributed by atoms with van der Waals surface area (Å²) in [6, 6.07) is 13.8. The number of nitrogens with zero attached hydrogens (tertiary/aromatic N) is 1. The fourth-order valence-electron chi connectivity index (χ4n) is 5.14. The lowest BCUT2D eigenvalue weighted by Crippen LogP contribution is -2.45. The summed E-state index contributed by atoms with van der Waals surface area (Å²) in [7, 11) is 0. The molecule has 2 atom stereocenters. The molecular formula is C26H35N3O2. The zero-order chi connectivity index (χ0) is 21.5. The Kier molecular flexibility index (Phi) is 5.55. The van der Waals surface area contributed by atoms with Gasteiger partial charge in [-0.1, -0.05) is 25.5 Å². The fourth-order valence-corrected chi connectivity index (χ4v) is 5.14. The second-order valence-electron chi connectivity index (χ2n) is 9.48. The van der Waals surface area contributed by atoms with Gasteiger partial charge in [-0.05, 0) is 55.7 Å². The van der Waals surface area contributed by atoms with E-state index in [1.54, 1.807) is 0 Å². The van der Waals surface area contributed by atoms with Crippen molar-refractivity contribution in [2.75, 3.05) is 39.4 Å². The van der Waals surface area contributed by atoms with Crippen molar-refractivity contribution in [3.8, 4) is 0 Å². The van der Waals surface area contributed by atoms with Crippen LogP contribution in [0.15, 0.2) is 36.4 Å². The molecule has 0 saturated carbocycles. The molecule has 2 N–H and O–H groups in total. The first-order valence-electron chi connectivity index (χ1n) is 11.8. The Morgan fingerprint density at radius 1 is 0.839 bits per heavy atom. The fraction of sp³-hybridized carbons (Fsp3) is 0.538. The Morgan fingerprint density at radius 3 is 1.77 bits per heavy atom. The van der Waals surface area contributed by atoms with Crippen LogP contribution in [0.5, 0.6) is 0 Å². The number of hydrogen-bond acceptors (Lipinski definition) is 4. The number of benzene rings is 2. The number of unbranched alkanes of at least 4 members (excludes halogenated alkanes) is 1. The van der Waals surface area contributed by atoms with E-state index < -0.39 is 0 Å². The minimum Gasteiger partial charge on any atom is -0.368 e. The third-order valence-electron chi connectivity index (χ3n) is 7.15. The second kappa shape index (κ2) is 8.21. The highest BCUT2D eigenvalue weighted by atomic mass is 16.5. The second-order valence-corrected chi connectivity index (χ2v) is 9.48. The van der Waals surface area contributed by atoms with E-state index >= 15 is 0 Å². The van der Waals surface area contributed by atoms with Gasteiger partial charge in [0.05, 0.1) is 13.2 Å². The predicted octanol–water partition coefficient (Wildman–Crippen LogP) is 4.26. The van der Waals surface area contributed by atoms with Gasteiger partial charge >= 0.3 is 0 Å². The van der Waals surface area contributed by atoms with Crippen molar-refractivity contribution in [2.24, 2.45) is 0 Å². The highest BCUT2D eigenvalue weighted by molar-refractivity contribution is 6.08. The molecule has 3 heterocycles. The maximum atomic E-state index is 6.22. The average molecular weight is 422 g/mol. The van der Waals surface area contributed by atoms with Gasteiger partial charge in [-0.3, -0.25) is 0 Å². The van der Waals surface area contributed by atoms with E-state index in [1.165, 1.54) is 45.8 Å². The molecular weight excluding hydrogens is 386 g/mol. The Balaban J connectivity index is 1.68. The molecule has 2 fully saturated rings. The minimum absolute atomic E-state index is 0.287. The molecule has 0 spiro atoms. The molecule has 3 aromatic rings. The summed E-state index contributed by atoms with van der Waals surface area (Å²) in [5.41, 5.74) is 4.53. The van der Waals surface area contributed by atoms with Gasteiger partial charge in [0.2, 0.25) is 0 Å². The van der Waals surface area contributed by atoms with Gasteiger partial charge in [0, 0.05) is 54.5 Å². The van der Waals surface area contributed by atoms with E-state index in [4.69, 9.17) is 9.47 Å². The van der Waals surface area contributed by atoms with Gasteiger partial charge in [0.25, 0.3) is 0 Å². The smallest absolute Gasteiger partial charge is 0.103 e. The van der Waals surface area contributed by atoms with Crippen LogP contribution in [0.1, 0.15) is 44.7 Å². The SMILES string of the molecule is CCCCn1c2ccc(C3(C)CNCCO3)cc2c2cc(C3(C)CNCCO3)ccc21. The summed E-state index contributed by atoms with van der Waals surface area (Å²) in [6.45, 7) is 12.7. The molecule has 5 nitrogen and oxygen atoms in total. The molecule has 0 amide bonds. The first-order chi connectivity index (χ1) is 15.0. The number of hydrogen-bond donors (Lipinski definition) is 2. The van der Waals surface area contributed by atoms with Crippen molar-refractivity contribution in [3.63, 3.8) is 0 Å². The maximum absolute atomic E-state index is 6.22. The van der Waals surface area contributed by atoms with E-state index in [0.29, 0.717) is 0 Å². The predicted molar refractivity (Wildman–Crippen MR) is 127 cm³/mol. The number of ether oxygens (including phenoxy) is 2. The topological polar surface area (TPSA) is 47.5 Å². The summed E-state index contributed by atoms with van der Waals surface area (Å²) >= 11 is 0. The number of nitrogens with one attached hydrogen (secondary N) is 2. The van der Waals surface area contributed by atoms with E-state index in [1.807, 2.05) is 0 Å². The van der Waals surface area contributed by atoms with Crippen molar-refractivity contribution in [1.82, 2.24) is 15.2 Å². The molecule has 5 rings (SSSR count). The third kappa shape index (κ3) is 3.68. The highest BCUT2D eigenvalue weighted by Gasteiger charge is 2.32. The summed E-state index contributed by atoms with van der Waals surface area (Å²) < 4.78 is 14.9. The Bertz CT molecular complexity index is 994. The van der Waals surface area contributed by atoms with Crippen LogP contribution in [0, 0.1) is 0 Å². The van der Waals surface area contributed by atoms with Crippen LogP contribution < -0.4 is 10.6 Å². The van der Waals surface area contributed by atoms with Crippen molar-refractivity contribution in [2.45, 2.75) is 51.4 Å². The number of morpholine rings is 2. The first-order valence-corrected chi connectivity index (χ1v) is 11.8. The number of rotatable bonds is 5. The third-order valence-corrected chi connectivity index (χ3v) is 7.15. The molecule has 0 radical (unpaired) electrons. The summed E-state index contributed by atoms with van der Waals surface area (Å²) in [6.07, 6.45) is 2.37. The van der Waals surface area contributed by atoms with Crippen LogP contribution in [-0.4, -0.2) is 44.0 Å². The zero-order valence-corrected chi connectivity index (χ0v) is 19.1. The van der Waals surface area contributed by atoms with Gasteiger partial charge in [0.15, 0.2) is 0 Å². The first kappa shape index (κ1) is 21.0. The summed E-state index contributed by atoms with van der Waals surface area (Å²) in [4.78, 5) is 0. The molecule has 166 valence electrons. The standard InChI is InChI=1S/C26H35N3O2/c1-4-5-12-29-23-8-6-19(25(2)17-27-10-13-30-25)15-21(23)22-16-20(7-9-24(22)29)26(3)18-28-11-14-31-26/h6-9,15-16,27-28H,4-5,10-14,17-18H2,1-3H3. The lowest BCUT2D eigenvalue weighted by molar-refractivity contribution is -0.0573. The zero-order valence-electron chi connectivity index (χ0n) is 19.1. The maximum Gasteiger partial charge on any atom is 0.103 e. The number of aromatic nitrogens is 1. The monoisotopic (exact) mass is 421 g/mol. The number of aryl methyl sites for hydroxylation is 1. The van der Waals surface area contributed by atoms with E-state index in [0.717, 1.165) is 45.9 Å². The molecule has 2 aliphatic heterocycles. The van der Waals surface area contributed by atoms with Crippen LogP contribution in [-0.2, 0) is 27.2 Å². The van der Waals surface area contributed by atoms with Crippen LogP contribution in [0.2, 0.25) is 0 Å². The lowest BCUT2D eigenvalue weighted by Gasteiger charge is -2.35. The molecule has 1 aromatic heterocycles. The van der Waals surface area contributed by atoms with Crippen LogP contribution in [0.25, 0.3) is 21.8 Å². The minimum atomic E-state index is -0.287. The van der Waals surface area contributed by atoms with Crippen LogP contribution in [0.3, 0.4) is 0 Å². The van der Waals surface area contributed by atoms with Gasteiger partial charge in [-0.2, -0.15) is 0 Å². The lowest BCUT2D eigenvalue weighted by atomic mass is 9.91. The molecule has 0 aliphatic carbocycles. The van der Waals surface area contributed by atoms with Crippen molar-refractivity contribution in [1.29, 1.82) is 0 Å². The molecule has 2 unspecified atom stereocenters. The molecule has 2 aromatic carbocycles. The van der Waals surface area contributed by atoms with Crippen molar-refractivity contribution >= 4 is 21.8 Å². The van der Waals surface area contributed by atoms with Gasteiger partial charge in [-0.25, -0.2) is 0 Å². The molecule has 5 heteroatoms. The number of fused-ring (bicyclic) bond motifs is 3. The quantitative estimate of drug-likeness (QED) is 0.646. The van der Waals surface area contributed by atoms with E-state index in [-0.39, 0.29) is 11.2 Å². The molecule has 31 heavy (non-hydrogen) atoms. The largest absolute Gasteiger partial charge is 0.368 e. The Hall–Kier alpha value is -1.92. The summed E-state index contributed by atoms with van der Waals surface area (Å²) in [5, 5.41) is 9.62. The van der Waals surface area contributed by atoms with Crippen molar-refractivity contribution < 1.29 is 9.47 Å². The van der Waals surface area contributed by atoms with E-state index in [9.17, 15) is 0 Å². The Labute approximate surface area is 185 Å². The highest BCUT2D eigenvalue weighted by Crippen LogP contribution is 2.37. The van der Waals surface area contributed by atoms with Gasteiger partial charge in [-0.15, -0.1) is 0 Å². The summed E-state index contributed by atoms with van der Waals surface area (Å²) in [5.74, 6) is 0. The van der Waals surface area contributed by atoms with Gasteiger partial charge < -0.3 is 24.7 Å². The molecule has 2 saturated heterocycles. The average Bonchev–Trinajstić information content (AvgIpc) is 3.11.